The Morgan fingerprint density at radius 1 is 1.29 bits per heavy atom. The zero-order valence-corrected chi connectivity index (χ0v) is 10.1. The molecule has 0 aliphatic heterocycles. The number of H-pyrrole nitrogens is 1. The maximum atomic E-state index is 11.7. The number of carbonyl (C=O) groups excluding carboxylic acids is 1. The first kappa shape index (κ1) is 11.5. The number of hydrogen-bond acceptors (Lipinski definition) is 3. The highest BCUT2D eigenvalue weighted by molar-refractivity contribution is 6.00. The van der Waals surface area contributed by atoms with E-state index in [1.54, 1.807) is 0 Å². The molecule has 1 aromatic heterocycles. The van der Waals surface area contributed by atoms with Crippen LogP contribution in [0.3, 0.4) is 0 Å². The molecule has 0 aliphatic carbocycles. The van der Waals surface area contributed by atoms with Crippen LogP contribution >= 0.6 is 0 Å². The van der Waals surface area contributed by atoms with E-state index in [1.165, 1.54) is 7.11 Å². The van der Waals surface area contributed by atoms with Crippen molar-refractivity contribution in [3.63, 3.8) is 0 Å². The van der Waals surface area contributed by atoms with Crippen molar-refractivity contribution in [2.45, 2.75) is 20.0 Å². The van der Waals surface area contributed by atoms with Gasteiger partial charge in [-0.2, -0.15) is 0 Å². The van der Waals surface area contributed by atoms with Gasteiger partial charge in [0.1, 0.15) is 0 Å². The lowest BCUT2D eigenvalue weighted by Gasteiger charge is -2.10. The van der Waals surface area contributed by atoms with E-state index < -0.39 is 5.97 Å². The average molecular weight is 233 g/mol. The van der Waals surface area contributed by atoms with Gasteiger partial charge in [-0.1, -0.05) is 12.1 Å². The van der Waals surface area contributed by atoms with Gasteiger partial charge in [0, 0.05) is 10.9 Å². The van der Waals surface area contributed by atoms with Crippen molar-refractivity contribution < 1.29 is 14.3 Å². The number of carbonyl (C=O) groups is 1. The Morgan fingerprint density at radius 3 is 2.65 bits per heavy atom. The van der Waals surface area contributed by atoms with Crippen molar-refractivity contribution in [3.05, 3.63) is 30.0 Å². The predicted octanol–water partition coefficient (Wildman–Crippen LogP) is 2.74. The van der Waals surface area contributed by atoms with E-state index in [0.717, 1.165) is 10.9 Å². The van der Waals surface area contributed by atoms with E-state index in [-0.39, 0.29) is 6.10 Å². The molecule has 90 valence electrons. The molecule has 0 atom stereocenters. The summed E-state index contributed by atoms with van der Waals surface area (Å²) in [7, 11) is 1.35. The summed E-state index contributed by atoms with van der Waals surface area (Å²) < 4.78 is 10.4. The Labute approximate surface area is 99.5 Å². The van der Waals surface area contributed by atoms with Crippen LogP contribution in [0.25, 0.3) is 10.9 Å². The summed E-state index contributed by atoms with van der Waals surface area (Å²) in [5.41, 5.74) is 1.23. The minimum absolute atomic E-state index is 0.00221. The first-order valence-corrected chi connectivity index (χ1v) is 5.49. The zero-order valence-electron chi connectivity index (χ0n) is 10.1. The van der Waals surface area contributed by atoms with E-state index >= 15 is 0 Å². The topological polar surface area (TPSA) is 51.3 Å². The smallest absolute Gasteiger partial charge is 0.358 e. The number of esters is 1. The van der Waals surface area contributed by atoms with Gasteiger partial charge in [-0.05, 0) is 26.0 Å². The van der Waals surface area contributed by atoms with E-state index in [9.17, 15) is 4.79 Å². The third-order valence-corrected chi connectivity index (χ3v) is 2.40. The van der Waals surface area contributed by atoms with Crippen LogP contribution in [0.4, 0.5) is 0 Å². The van der Waals surface area contributed by atoms with Gasteiger partial charge in [-0.15, -0.1) is 0 Å². The standard InChI is InChI=1S/C13H15NO3/c1-8(2)17-12-9-6-4-5-7-10(9)14-11(12)13(15)16-3/h4-8,14H,1-3H3. The molecule has 0 aliphatic rings. The van der Waals surface area contributed by atoms with E-state index in [0.29, 0.717) is 11.4 Å². The largest absolute Gasteiger partial charge is 0.488 e. The van der Waals surface area contributed by atoms with Crippen molar-refractivity contribution in [2.24, 2.45) is 0 Å². The van der Waals surface area contributed by atoms with Crippen LogP contribution in [0.1, 0.15) is 24.3 Å². The molecule has 0 unspecified atom stereocenters. The van der Waals surface area contributed by atoms with Gasteiger partial charge in [0.15, 0.2) is 11.4 Å². The molecule has 0 fully saturated rings. The molecule has 1 aromatic carbocycles. The molecule has 0 radical (unpaired) electrons. The van der Waals surface area contributed by atoms with Gasteiger partial charge in [0.05, 0.1) is 13.2 Å². The van der Waals surface area contributed by atoms with Crippen molar-refractivity contribution in [1.29, 1.82) is 0 Å². The normalized spacial score (nSPS) is 10.8. The highest BCUT2D eigenvalue weighted by Gasteiger charge is 2.20. The van der Waals surface area contributed by atoms with Crippen molar-refractivity contribution in [1.82, 2.24) is 4.98 Å². The fourth-order valence-electron chi connectivity index (χ4n) is 1.72. The van der Waals surface area contributed by atoms with Crippen LogP contribution in [0.5, 0.6) is 5.75 Å². The van der Waals surface area contributed by atoms with Crippen LogP contribution in [0.2, 0.25) is 0 Å². The predicted molar refractivity (Wildman–Crippen MR) is 65.4 cm³/mol. The third-order valence-electron chi connectivity index (χ3n) is 2.40. The number of fused-ring (bicyclic) bond motifs is 1. The van der Waals surface area contributed by atoms with Gasteiger partial charge in [-0.3, -0.25) is 0 Å². The third kappa shape index (κ3) is 2.11. The Hall–Kier alpha value is -1.97. The van der Waals surface area contributed by atoms with Gasteiger partial charge in [0.2, 0.25) is 0 Å². The first-order chi connectivity index (χ1) is 8.13. The first-order valence-electron chi connectivity index (χ1n) is 5.49. The molecule has 4 heteroatoms. The Morgan fingerprint density at radius 2 is 2.00 bits per heavy atom. The van der Waals surface area contributed by atoms with Crippen molar-refractivity contribution in [2.75, 3.05) is 7.11 Å². The van der Waals surface area contributed by atoms with Crippen LogP contribution in [-0.4, -0.2) is 24.2 Å². The number of rotatable bonds is 3. The summed E-state index contributed by atoms with van der Waals surface area (Å²) in [6.07, 6.45) is -0.00221. The molecule has 0 spiro atoms. The fourth-order valence-corrected chi connectivity index (χ4v) is 1.72. The Kier molecular flexibility index (Phi) is 3.04. The van der Waals surface area contributed by atoms with E-state index in [1.807, 2.05) is 38.1 Å². The van der Waals surface area contributed by atoms with Crippen molar-refractivity contribution >= 4 is 16.9 Å². The molecule has 4 nitrogen and oxygen atoms in total. The lowest BCUT2D eigenvalue weighted by atomic mass is 10.2. The van der Waals surface area contributed by atoms with E-state index in [2.05, 4.69) is 4.98 Å². The number of aromatic amines is 1. The van der Waals surface area contributed by atoms with Gasteiger partial charge in [-0.25, -0.2) is 4.79 Å². The molecule has 0 amide bonds. The second-order valence-corrected chi connectivity index (χ2v) is 4.03. The molecule has 0 bridgehead atoms. The molecular formula is C13H15NO3. The molecule has 2 rings (SSSR count). The summed E-state index contributed by atoms with van der Waals surface area (Å²) in [6.45, 7) is 3.84. The lowest BCUT2D eigenvalue weighted by Crippen LogP contribution is -2.10. The zero-order chi connectivity index (χ0) is 12.4. The fraction of sp³-hybridized carbons (Fsp3) is 0.308. The monoisotopic (exact) mass is 233 g/mol. The summed E-state index contributed by atoms with van der Waals surface area (Å²) >= 11 is 0. The van der Waals surface area contributed by atoms with Crippen LogP contribution < -0.4 is 4.74 Å². The maximum absolute atomic E-state index is 11.7. The molecule has 1 heterocycles. The maximum Gasteiger partial charge on any atom is 0.358 e. The lowest BCUT2D eigenvalue weighted by molar-refractivity contribution is 0.0589. The van der Waals surface area contributed by atoms with E-state index in [4.69, 9.17) is 9.47 Å². The minimum atomic E-state index is -0.420. The molecule has 0 saturated carbocycles. The number of aromatic nitrogens is 1. The molecule has 2 aromatic rings. The Balaban J connectivity index is 2.60. The molecule has 1 N–H and O–H groups in total. The molecular weight excluding hydrogens is 218 g/mol. The van der Waals surface area contributed by atoms with Gasteiger partial charge < -0.3 is 14.5 Å². The summed E-state index contributed by atoms with van der Waals surface area (Å²) in [5, 5.41) is 0.890. The van der Waals surface area contributed by atoms with Crippen LogP contribution in [-0.2, 0) is 4.74 Å². The van der Waals surface area contributed by atoms with Crippen LogP contribution in [0.15, 0.2) is 24.3 Å². The quantitative estimate of drug-likeness (QED) is 0.829. The number of benzene rings is 1. The van der Waals surface area contributed by atoms with Crippen LogP contribution in [0, 0.1) is 0 Å². The number of methoxy groups -OCH3 is 1. The highest BCUT2D eigenvalue weighted by Crippen LogP contribution is 2.31. The molecule has 17 heavy (non-hydrogen) atoms. The average Bonchev–Trinajstić information content (AvgIpc) is 2.67. The summed E-state index contributed by atoms with van der Waals surface area (Å²) in [5.74, 6) is 0.138. The highest BCUT2D eigenvalue weighted by atomic mass is 16.5. The number of ether oxygens (including phenoxy) is 2. The second-order valence-electron chi connectivity index (χ2n) is 4.03. The summed E-state index contributed by atoms with van der Waals surface area (Å²) in [6, 6.07) is 7.62. The van der Waals surface area contributed by atoms with Crippen molar-refractivity contribution in [3.8, 4) is 5.75 Å². The summed E-state index contributed by atoms with van der Waals surface area (Å²) in [4.78, 5) is 14.7. The number of para-hydroxylation sites is 1. The second kappa shape index (κ2) is 4.49. The minimum Gasteiger partial charge on any atom is -0.488 e. The van der Waals surface area contributed by atoms with Gasteiger partial charge in [0.25, 0.3) is 0 Å². The Bertz CT molecular complexity index is 543. The van der Waals surface area contributed by atoms with Gasteiger partial charge >= 0.3 is 5.97 Å². The number of nitrogens with one attached hydrogen (secondary N) is 1. The number of hydrogen-bond donors (Lipinski definition) is 1. The SMILES string of the molecule is COC(=O)c1[nH]c2ccccc2c1OC(C)C. The molecule has 0 saturated heterocycles.